The van der Waals surface area contributed by atoms with Crippen molar-refractivity contribution < 1.29 is 26.4 Å². The molecule has 3 aromatic rings. The molecule has 1 fully saturated rings. The molecule has 0 saturated carbocycles. The van der Waals surface area contributed by atoms with Crippen molar-refractivity contribution in [3.8, 4) is 0 Å². The molecule has 39 heavy (non-hydrogen) atoms. The Hall–Kier alpha value is -4.10. The summed E-state index contributed by atoms with van der Waals surface area (Å²) < 4.78 is 57.3. The van der Waals surface area contributed by atoms with Crippen LogP contribution in [0.15, 0.2) is 82.5 Å². The number of likely N-dealkylation sites (tertiary alicyclic amines) is 1. The van der Waals surface area contributed by atoms with Gasteiger partial charge < -0.3 is 4.90 Å². The molecule has 0 radical (unpaired) electrons. The number of hydrogen-bond acceptors (Lipinski definition) is 9. The van der Waals surface area contributed by atoms with Crippen LogP contribution in [0.5, 0.6) is 0 Å². The van der Waals surface area contributed by atoms with E-state index in [1.54, 1.807) is 17.0 Å². The van der Waals surface area contributed by atoms with Gasteiger partial charge in [0.25, 0.3) is 20.0 Å². The van der Waals surface area contributed by atoms with E-state index in [-0.39, 0.29) is 33.4 Å². The third kappa shape index (κ3) is 5.40. The first-order chi connectivity index (χ1) is 18.7. The molecule has 2 aliphatic rings. The summed E-state index contributed by atoms with van der Waals surface area (Å²) in [5.74, 6) is -1.39. The Kier molecular flexibility index (Phi) is 7.19. The summed E-state index contributed by atoms with van der Waals surface area (Å²) in [4.78, 5) is 35.7. The lowest BCUT2D eigenvalue weighted by molar-refractivity contribution is 0.0947. The zero-order valence-electron chi connectivity index (χ0n) is 20.7. The van der Waals surface area contributed by atoms with Crippen LogP contribution in [0.1, 0.15) is 46.4 Å². The summed E-state index contributed by atoms with van der Waals surface area (Å²) in [7, 11) is -8.57. The van der Waals surface area contributed by atoms with Crippen molar-refractivity contribution in [1.29, 1.82) is 0 Å². The van der Waals surface area contributed by atoms with Crippen molar-refractivity contribution in [2.24, 2.45) is 0 Å². The standard InChI is InChI=1S/C26H25N5O6S2/c32-23-20-8-3-4-9-21(20)24(33)25(22(23)31-16-5-1-2-6-17-31)39(36,37)29-18-10-12-19(13-11-18)38(34,35)30-26-27-14-7-15-28-26/h3-4,7-15,29H,1-2,5-6,16-17H2,(H,27,28,30). The normalized spacial score (nSPS) is 16.5. The quantitative estimate of drug-likeness (QED) is 0.438. The first-order valence-electron chi connectivity index (χ1n) is 12.3. The van der Waals surface area contributed by atoms with Crippen LogP contribution in [0.2, 0.25) is 0 Å². The number of fused-ring (bicyclic) bond motifs is 1. The van der Waals surface area contributed by atoms with Gasteiger partial charge >= 0.3 is 0 Å². The highest BCUT2D eigenvalue weighted by atomic mass is 32.2. The van der Waals surface area contributed by atoms with Crippen molar-refractivity contribution in [2.45, 2.75) is 30.6 Å². The van der Waals surface area contributed by atoms with E-state index in [9.17, 15) is 26.4 Å². The van der Waals surface area contributed by atoms with E-state index >= 15 is 0 Å². The topological polar surface area (TPSA) is 156 Å². The van der Waals surface area contributed by atoms with Gasteiger partial charge in [-0.25, -0.2) is 31.5 Å². The Morgan fingerprint density at radius 2 is 1.26 bits per heavy atom. The number of nitrogens with one attached hydrogen (secondary N) is 2. The highest BCUT2D eigenvalue weighted by Gasteiger charge is 2.41. The maximum absolute atomic E-state index is 13.7. The summed E-state index contributed by atoms with van der Waals surface area (Å²) in [6, 6.07) is 12.6. The number of aromatic nitrogens is 2. The fourth-order valence-corrected chi connectivity index (χ4v) is 6.95. The van der Waals surface area contributed by atoms with Gasteiger partial charge in [-0.2, -0.15) is 0 Å². The molecule has 1 aromatic heterocycles. The van der Waals surface area contributed by atoms with Gasteiger partial charge in [-0.15, -0.1) is 0 Å². The minimum Gasteiger partial charge on any atom is -0.367 e. The fraction of sp³-hybridized carbons (Fsp3) is 0.231. The van der Waals surface area contributed by atoms with E-state index in [0.29, 0.717) is 13.1 Å². The predicted molar refractivity (Wildman–Crippen MR) is 144 cm³/mol. The van der Waals surface area contributed by atoms with Crippen LogP contribution in [0, 0.1) is 0 Å². The predicted octanol–water partition coefficient (Wildman–Crippen LogP) is 3.19. The Balaban J connectivity index is 1.48. The largest absolute Gasteiger partial charge is 0.367 e. The zero-order valence-corrected chi connectivity index (χ0v) is 22.3. The van der Waals surface area contributed by atoms with Crippen LogP contribution in [-0.2, 0) is 20.0 Å². The fourth-order valence-electron chi connectivity index (χ4n) is 4.61. The molecule has 5 rings (SSSR count). The van der Waals surface area contributed by atoms with E-state index < -0.39 is 36.5 Å². The Labute approximate surface area is 226 Å². The molecule has 2 aromatic carbocycles. The molecule has 11 nitrogen and oxygen atoms in total. The van der Waals surface area contributed by atoms with Crippen LogP contribution in [0.3, 0.4) is 0 Å². The third-order valence-corrected chi connectivity index (χ3v) is 9.22. The van der Waals surface area contributed by atoms with Crippen molar-refractivity contribution >= 4 is 43.2 Å². The average Bonchev–Trinajstić information content (AvgIpc) is 3.20. The van der Waals surface area contributed by atoms with Gasteiger partial charge in [-0.1, -0.05) is 37.1 Å². The van der Waals surface area contributed by atoms with E-state index in [4.69, 9.17) is 0 Å². The van der Waals surface area contributed by atoms with Crippen LogP contribution in [-0.4, -0.2) is 56.4 Å². The number of sulfonamides is 2. The monoisotopic (exact) mass is 567 g/mol. The van der Waals surface area contributed by atoms with Gasteiger partial charge in [0.15, 0.2) is 4.91 Å². The number of allylic oxidation sites excluding steroid dienone is 2. The Morgan fingerprint density at radius 3 is 1.87 bits per heavy atom. The molecular formula is C26H25N5O6S2. The number of carbonyl (C=O) groups excluding carboxylic acids is 2. The third-order valence-electron chi connectivity index (χ3n) is 6.45. The second-order valence-corrected chi connectivity index (χ2v) is 12.4. The van der Waals surface area contributed by atoms with Gasteiger partial charge in [0.2, 0.25) is 17.5 Å². The summed E-state index contributed by atoms with van der Waals surface area (Å²) >= 11 is 0. The SMILES string of the molecule is O=C1C(N2CCCCCC2)=C(S(=O)(=O)Nc2ccc(S(=O)(=O)Nc3ncccn3)cc2)C(=O)c2ccccc21. The van der Waals surface area contributed by atoms with Crippen molar-refractivity contribution in [1.82, 2.24) is 14.9 Å². The number of Topliss-reactive ketones (excluding diaryl/α,β-unsaturated/α-hetero) is 2. The summed E-state index contributed by atoms with van der Waals surface area (Å²) in [6.45, 7) is 0.917. The van der Waals surface area contributed by atoms with Gasteiger partial charge in [0.05, 0.1) is 4.90 Å². The number of ketones is 2. The molecule has 2 N–H and O–H groups in total. The van der Waals surface area contributed by atoms with E-state index in [0.717, 1.165) is 25.7 Å². The van der Waals surface area contributed by atoms with Crippen LogP contribution in [0.25, 0.3) is 0 Å². The summed E-state index contributed by atoms with van der Waals surface area (Å²) in [5, 5.41) is 0. The van der Waals surface area contributed by atoms with E-state index in [1.165, 1.54) is 54.9 Å². The van der Waals surface area contributed by atoms with Crippen LogP contribution in [0.4, 0.5) is 11.6 Å². The molecule has 0 atom stereocenters. The second-order valence-electron chi connectivity index (χ2n) is 9.09. The molecule has 0 spiro atoms. The minimum absolute atomic E-state index is 0.0201. The van der Waals surface area contributed by atoms with Crippen molar-refractivity contribution in [2.75, 3.05) is 22.5 Å². The number of rotatable bonds is 7. The first-order valence-corrected chi connectivity index (χ1v) is 15.2. The van der Waals surface area contributed by atoms with Crippen LogP contribution >= 0.6 is 0 Å². The second kappa shape index (κ2) is 10.6. The van der Waals surface area contributed by atoms with Gasteiger partial charge in [0.1, 0.15) is 5.70 Å². The summed E-state index contributed by atoms with van der Waals surface area (Å²) in [5.41, 5.74) is 0.0911. The molecule has 1 aliphatic carbocycles. The number of benzene rings is 2. The summed E-state index contributed by atoms with van der Waals surface area (Å²) in [6.07, 6.45) is 6.20. The lowest BCUT2D eigenvalue weighted by Crippen LogP contribution is -2.38. The molecule has 0 unspecified atom stereocenters. The van der Waals surface area contributed by atoms with Gasteiger partial charge in [0, 0.05) is 42.3 Å². The molecule has 202 valence electrons. The van der Waals surface area contributed by atoms with Crippen molar-refractivity contribution in [3.05, 3.63) is 88.7 Å². The van der Waals surface area contributed by atoms with Gasteiger partial charge in [-0.3, -0.25) is 14.3 Å². The van der Waals surface area contributed by atoms with Gasteiger partial charge in [-0.05, 0) is 43.2 Å². The zero-order chi connectivity index (χ0) is 27.6. The number of carbonyl (C=O) groups is 2. The smallest absolute Gasteiger partial charge is 0.268 e. The number of nitrogens with zero attached hydrogens (tertiary/aromatic N) is 3. The first kappa shape index (κ1) is 26.5. The molecule has 13 heteroatoms. The Bertz CT molecular complexity index is 1660. The number of anilines is 2. The minimum atomic E-state index is -4.54. The maximum Gasteiger partial charge on any atom is 0.268 e. The average molecular weight is 568 g/mol. The number of hydrogen-bond donors (Lipinski definition) is 2. The molecule has 1 saturated heterocycles. The highest BCUT2D eigenvalue weighted by molar-refractivity contribution is 7.97. The van der Waals surface area contributed by atoms with Crippen LogP contribution < -0.4 is 9.44 Å². The van der Waals surface area contributed by atoms with Crippen molar-refractivity contribution in [3.63, 3.8) is 0 Å². The molecular weight excluding hydrogens is 542 g/mol. The highest BCUT2D eigenvalue weighted by Crippen LogP contribution is 2.33. The molecule has 0 amide bonds. The van der Waals surface area contributed by atoms with E-state index in [2.05, 4.69) is 19.4 Å². The van der Waals surface area contributed by atoms with E-state index in [1.807, 2.05) is 0 Å². The molecule has 2 heterocycles. The maximum atomic E-state index is 13.7. The lowest BCUT2D eigenvalue weighted by atomic mass is 9.91. The lowest BCUT2D eigenvalue weighted by Gasteiger charge is -2.30. The molecule has 0 bridgehead atoms. The Morgan fingerprint density at radius 1 is 0.667 bits per heavy atom. The molecule has 1 aliphatic heterocycles.